The largest absolute Gasteiger partial charge is 0.497 e. The summed E-state index contributed by atoms with van der Waals surface area (Å²) < 4.78 is 6.85. The van der Waals surface area contributed by atoms with Gasteiger partial charge in [0.1, 0.15) is 17.4 Å². The number of hydrogen-bond donors (Lipinski definition) is 0. The molecule has 154 valence electrons. The van der Waals surface area contributed by atoms with Crippen molar-refractivity contribution in [2.75, 3.05) is 31.4 Å². The molecule has 6 heteroatoms. The molecule has 0 spiro atoms. The lowest BCUT2D eigenvalue weighted by Gasteiger charge is -2.35. The molecule has 1 aromatic heterocycles. The molecule has 30 heavy (non-hydrogen) atoms. The van der Waals surface area contributed by atoms with Crippen LogP contribution in [0.2, 0.25) is 0 Å². The zero-order valence-corrected chi connectivity index (χ0v) is 18.3. The Morgan fingerprint density at radius 3 is 2.43 bits per heavy atom. The van der Waals surface area contributed by atoms with Crippen LogP contribution in [0, 0.1) is 11.3 Å². The first-order valence-corrected chi connectivity index (χ1v) is 11.3. The van der Waals surface area contributed by atoms with Crippen molar-refractivity contribution < 1.29 is 4.74 Å². The van der Waals surface area contributed by atoms with Crippen LogP contribution in [0.25, 0.3) is 10.9 Å². The standard InChI is InChI=1S/C24H25N3O2S/c1-26-22-9-8-19(30-3)14-20(22)23(21(15-25)24(26)28)27-12-10-17(11-13-27)16-4-6-18(29-2)7-5-16/h4-9,14,17H,10-13H2,1-3H3. The van der Waals surface area contributed by atoms with Gasteiger partial charge >= 0.3 is 0 Å². The molecule has 0 radical (unpaired) electrons. The number of aryl methyl sites for hydroxylation is 1. The number of thioether (sulfide) groups is 1. The average Bonchev–Trinajstić information content (AvgIpc) is 2.81. The van der Waals surface area contributed by atoms with E-state index in [0.717, 1.165) is 53.2 Å². The van der Waals surface area contributed by atoms with Gasteiger partial charge in [-0.1, -0.05) is 12.1 Å². The Labute approximate surface area is 180 Å². The molecule has 1 saturated heterocycles. The number of rotatable bonds is 4. The molecule has 2 heterocycles. The molecule has 0 unspecified atom stereocenters. The normalized spacial score (nSPS) is 14.7. The summed E-state index contributed by atoms with van der Waals surface area (Å²) in [4.78, 5) is 16.2. The van der Waals surface area contributed by atoms with Gasteiger partial charge in [0.05, 0.1) is 18.3 Å². The summed E-state index contributed by atoms with van der Waals surface area (Å²) in [7, 11) is 3.42. The van der Waals surface area contributed by atoms with Crippen LogP contribution in [-0.2, 0) is 7.05 Å². The lowest BCUT2D eigenvalue weighted by Crippen LogP contribution is -2.35. The van der Waals surface area contributed by atoms with Gasteiger partial charge in [0.25, 0.3) is 5.56 Å². The number of methoxy groups -OCH3 is 1. The van der Waals surface area contributed by atoms with Gasteiger partial charge < -0.3 is 14.2 Å². The van der Waals surface area contributed by atoms with Crippen molar-refractivity contribution in [2.24, 2.45) is 7.05 Å². The highest BCUT2D eigenvalue weighted by atomic mass is 32.2. The lowest BCUT2D eigenvalue weighted by molar-refractivity contribution is 0.414. The second-order valence-corrected chi connectivity index (χ2v) is 8.50. The molecule has 3 aromatic rings. The van der Waals surface area contributed by atoms with Crippen LogP contribution in [-0.4, -0.2) is 31.0 Å². The molecule has 0 N–H and O–H groups in total. The van der Waals surface area contributed by atoms with Crippen molar-refractivity contribution in [2.45, 2.75) is 23.7 Å². The van der Waals surface area contributed by atoms with E-state index in [4.69, 9.17) is 4.74 Å². The minimum Gasteiger partial charge on any atom is -0.497 e. The maximum atomic E-state index is 12.9. The zero-order valence-electron chi connectivity index (χ0n) is 17.5. The summed E-state index contributed by atoms with van der Waals surface area (Å²) in [5.74, 6) is 1.34. The first-order chi connectivity index (χ1) is 14.6. The van der Waals surface area contributed by atoms with Crippen molar-refractivity contribution >= 4 is 28.4 Å². The van der Waals surface area contributed by atoms with Crippen LogP contribution >= 0.6 is 11.8 Å². The summed E-state index contributed by atoms with van der Waals surface area (Å²) in [6.45, 7) is 1.63. The predicted molar refractivity (Wildman–Crippen MR) is 123 cm³/mol. The lowest BCUT2D eigenvalue weighted by atomic mass is 9.89. The number of piperidine rings is 1. The van der Waals surface area contributed by atoms with Gasteiger partial charge in [-0.25, -0.2) is 0 Å². The smallest absolute Gasteiger partial charge is 0.270 e. The van der Waals surface area contributed by atoms with Gasteiger partial charge in [0.2, 0.25) is 0 Å². The minimum atomic E-state index is -0.228. The monoisotopic (exact) mass is 419 g/mol. The molecule has 1 aliphatic rings. The van der Waals surface area contributed by atoms with Crippen LogP contribution in [0.15, 0.2) is 52.2 Å². The molecule has 0 saturated carbocycles. The molecule has 0 atom stereocenters. The summed E-state index contributed by atoms with van der Waals surface area (Å²) >= 11 is 1.66. The van der Waals surface area contributed by atoms with E-state index in [-0.39, 0.29) is 11.1 Å². The van der Waals surface area contributed by atoms with Crippen molar-refractivity contribution in [3.05, 3.63) is 63.9 Å². The summed E-state index contributed by atoms with van der Waals surface area (Å²) in [6, 6.07) is 16.6. The molecule has 1 aliphatic heterocycles. The number of anilines is 1. The summed E-state index contributed by atoms with van der Waals surface area (Å²) in [5.41, 5.74) is 2.98. The number of fused-ring (bicyclic) bond motifs is 1. The van der Waals surface area contributed by atoms with E-state index < -0.39 is 0 Å². The van der Waals surface area contributed by atoms with E-state index >= 15 is 0 Å². The van der Waals surface area contributed by atoms with E-state index in [2.05, 4.69) is 29.2 Å². The quantitative estimate of drug-likeness (QED) is 0.582. The number of ether oxygens (including phenoxy) is 1. The molecule has 1 fully saturated rings. The summed E-state index contributed by atoms with van der Waals surface area (Å²) in [5, 5.41) is 10.8. The van der Waals surface area contributed by atoms with Crippen LogP contribution in [0.1, 0.15) is 29.9 Å². The predicted octanol–water partition coefficient (Wildman–Crippen LogP) is 4.52. The van der Waals surface area contributed by atoms with Gasteiger partial charge in [0.15, 0.2) is 0 Å². The maximum absolute atomic E-state index is 12.9. The minimum absolute atomic E-state index is 0.228. The molecular formula is C24H25N3O2S. The molecule has 2 aromatic carbocycles. The second-order valence-electron chi connectivity index (χ2n) is 7.62. The highest BCUT2D eigenvalue weighted by molar-refractivity contribution is 7.98. The van der Waals surface area contributed by atoms with Gasteiger partial charge in [-0.2, -0.15) is 5.26 Å². The average molecular weight is 420 g/mol. The number of nitrogens with zero attached hydrogens (tertiary/aromatic N) is 3. The molecule has 0 aliphatic carbocycles. The molecule has 0 amide bonds. The Bertz CT molecular complexity index is 1170. The van der Waals surface area contributed by atoms with E-state index in [1.807, 2.05) is 30.5 Å². The van der Waals surface area contributed by atoms with Gasteiger partial charge in [-0.05, 0) is 60.9 Å². The van der Waals surface area contributed by atoms with E-state index in [1.165, 1.54) is 5.56 Å². The fourth-order valence-electron chi connectivity index (χ4n) is 4.38. The number of hydrogen-bond acceptors (Lipinski definition) is 5. The Balaban J connectivity index is 1.70. The number of benzene rings is 2. The fraction of sp³-hybridized carbons (Fsp3) is 0.333. The second kappa shape index (κ2) is 8.45. The molecular weight excluding hydrogens is 394 g/mol. The number of nitriles is 1. The number of aromatic nitrogens is 1. The third kappa shape index (κ3) is 3.54. The van der Waals surface area contributed by atoms with Crippen molar-refractivity contribution in [3.8, 4) is 11.8 Å². The van der Waals surface area contributed by atoms with Gasteiger partial charge in [-0.15, -0.1) is 11.8 Å². The van der Waals surface area contributed by atoms with Crippen molar-refractivity contribution in [3.63, 3.8) is 0 Å². The molecule has 5 nitrogen and oxygen atoms in total. The van der Waals surface area contributed by atoms with Gasteiger partial charge in [0, 0.05) is 30.4 Å². The highest BCUT2D eigenvalue weighted by Crippen LogP contribution is 2.36. The molecule has 0 bridgehead atoms. The Morgan fingerprint density at radius 2 is 1.83 bits per heavy atom. The fourth-order valence-corrected chi connectivity index (χ4v) is 4.82. The van der Waals surface area contributed by atoms with E-state index in [1.54, 1.807) is 30.5 Å². The van der Waals surface area contributed by atoms with E-state index in [0.29, 0.717) is 5.92 Å². The van der Waals surface area contributed by atoms with Gasteiger partial charge in [-0.3, -0.25) is 4.79 Å². The maximum Gasteiger partial charge on any atom is 0.270 e. The highest BCUT2D eigenvalue weighted by Gasteiger charge is 2.26. The van der Waals surface area contributed by atoms with Crippen LogP contribution < -0.4 is 15.2 Å². The third-order valence-corrected chi connectivity index (χ3v) is 6.81. The SMILES string of the molecule is COc1ccc(C2CCN(c3c(C#N)c(=O)n(C)c4ccc(SC)cc34)CC2)cc1. The Morgan fingerprint density at radius 1 is 1.13 bits per heavy atom. The Hall–Kier alpha value is -2.91. The third-order valence-electron chi connectivity index (χ3n) is 6.09. The topological polar surface area (TPSA) is 58.3 Å². The van der Waals surface area contributed by atoms with Crippen LogP contribution in [0.3, 0.4) is 0 Å². The first kappa shape index (κ1) is 20.4. The Kier molecular flexibility index (Phi) is 5.74. The van der Waals surface area contributed by atoms with E-state index in [9.17, 15) is 10.1 Å². The van der Waals surface area contributed by atoms with Crippen molar-refractivity contribution in [1.29, 1.82) is 5.26 Å². The number of pyridine rings is 1. The van der Waals surface area contributed by atoms with Crippen LogP contribution in [0.5, 0.6) is 5.75 Å². The zero-order chi connectivity index (χ0) is 21.3. The summed E-state index contributed by atoms with van der Waals surface area (Å²) in [6.07, 6.45) is 4.00. The van der Waals surface area contributed by atoms with Crippen LogP contribution in [0.4, 0.5) is 5.69 Å². The van der Waals surface area contributed by atoms with Crippen molar-refractivity contribution in [1.82, 2.24) is 4.57 Å². The molecule has 4 rings (SSSR count). The first-order valence-electron chi connectivity index (χ1n) is 10.1.